The van der Waals surface area contributed by atoms with E-state index in [1.54, 1.807) is 11.3 Å². The van der Waals surface area contributed by atoms with Crippen LogP contribution in [0.1, 0.15) is 0 Å². The van der Waals surface area contributed by atoms with Crippen LogP contribution in [0.3, 0.4) is 0 Å². The van der Waals surface area contributed by atoms with Crippen LogP contribution in [0.4, 0.5) is 0 Å². The molecule has 0 N–H and O–H groups in total. The molecule has 0 amide bonds. The minimum atomic E-state index is 0.660. The minimum absolute atomic E-state index is 0.660. The fraction of sp³-hybridized carbons (Fsp3) is 0. The molecule has 0 saturated heterocycles. The van der Waals surface area contributed by atoms with Crippen molar-refractivity contribution in [1.29, 1.82) is 0 Å². The summed E-state index contributed by atoms with van der Waals surface area (Å²) in [5, 5.41) is 4.75. The molecule has 10 aromatic rings. The van der Waals surface area contributed by atoms with Crippen molar-refractivity contribution >= 4 is 53.4 Å². The second-order valence-electron chi connectivity index (χ2n) is 12.4. The second kappa shape index (κ2) is 11.6. The van der Waals surface area contributed by atoms with Gasteiger partial charge in [-0.05, 0) is 52.6 Å². The molecule has 10 rings (SSSR count). The number of furan rings is 1. The molecular weight excluding hydrogens is 631 g/mol. The maximum Gasteiger partial charge on any atom is 0.164 e. The van der Waals surface area contributed by atoms with Crippen LogP contribution in [0.25, 0.3) is 98.5 Å². The molecule has 50 heavy (non-hydrogen) atoms. The van der Waals surface area contributed by atoms with Gasteiger partial charge in [-0.3, -0.25) is 0 Å². The first-order valence-corrected chi connectivity index (χ1v) is 17.4. The highest BCUT2D eigenvalue weighted by Gasteiger charge is 2.16. The number of aromatic nitrogens is 3. The maximum atomic E-state index is 6.24. The Hall–Kier alpha value is -6.43. The summed E-state index contributed by atoms with van der Waals surface area (Å²) in [6.07, 6.45) is 0. The van der Waals surface area contributed by atoms with Crippen molar-refractivity contribution in [2.75, 3.05) is 0 Å². The largest absolute Gasteiger partial charge is 0.456 e. The predicted octanol–water partition coefficient (Wildman–Crippen LogP) is 12.5. The van der Waals surface area contributed by atoms with Crippen molar-refractivity contribution in [2.24, 2.45) is 0 Å². The number of benzene rings is 7. The number of para-hydroxylation sites is 1. The molecule has 234 valence electrons. The zero-order chi connectivity index (χ0) is 33.0. The van der Waals surface area contributed by atoms with Crippen LogP contribution in [0.15, 0.2) is 168 Å². The van der Waals surface area contributed by atoms with E-state index in [2.05, 4.69) is 91.0 Å². The lowest BCUT2D eigenvalue weighted by atomic mass is 9.93. The van der Waals surface area contributed by atoms with E-state index < -0.39 is 0 Å². The van der Waals surface area contributed by atoms with E-state index in [1.165, 1.54) is 36.9 Å². The quantitative estimate of drug-likeness (QED) is 0.185. The normalized spacial score (nSPS) is 11.6. The van der Waals surface area contributed by atoms with Crippen molar-refractivity contribution in [3.63, 3.8) is 0 Å². The molecule has 0 unspecified atom stereocenters. The molecule has 0 aliphatic heterocycles. The molecule has 3 heterocycles. The Kier molecular flexibility index (Phi) is 6.64. The molecule has 0 fully saturated rings. The van der Waals surface area contributed by atoms with Gasteiger partial charge in [0.05, 0.1) is 0 Å². The summed E-state index contributed by atoms with van der Waals surface area (Å²) in [7, 11) is 0. The number of fused-ring (bicyclic) bond motifs is 6. The molecule has 3 aromatic heterocycles. The Balaban J connectivity index is 1.06. The third-order valence-corrected chi connectivity index (χ3v) is 10.5. The molecule has 0 saturated carbocycles. The van der Waals surface area contributed by atoms with Gasteiger partial charge in [0.2, 0.25) is 0 Å². The summed E-state index contributed by atoms with van der Waals surface area (Å²) in [6, 6.07) is 57.0. The van der Waals surface area contributed by atoms with Gasteiger partial charge in [-0.2, -0.15) is 0 Å². The number of nitrogens with zero attached hydrogens (tertiary/aromatic N) is 3. The Morgan fingerprint density at radius 1 is 0.340 bits per heavy atom. The smallest absolute Gasteiger partial charge is 0.164 e. The van der Waals surface area contributed by atoms with Crippen molar-refractivity contribution in [1.82, 2.24) is 15.0 Å². The van der Waals surface area contributed by atoms with Crippen LogP contribution in [0.2, 0.25) is 0 Å². The zero-order valence-corrected chi connectivity index (χ0v) is 27.6. The summed E-state index contributed by atoms with van der Waals surface area (Å²) in [4.78, 5) is 14.8. The Labute approximate surface area is 292 Å². The van der Waals surface area contributed by atoms with Crippen LogP contribution in [-0.4, -0.2) is 15.0 Å². The maximum absolute atomic E-state index is 6.24. The molecule has 0 radical (unpaired) electrons. The number of rotatable bonds is 5. The lowest BCUT2D eigenvalue weighted by Gasteiger charge is -2.10. The molecule has 0 aliphatic carbocycles. The average Bonchev–Trinajstić information content (AvgIpc) is 3.75. The molecule has 0 spiro atoms. The summed E-state index contributed by atoms with van der Waals surface area (Å²) < 4.78 is 8.67. The van der Waals surface area contributed by atoms with E-state index in [1.807, 2.05) is 72.8 Å². The Morgan fingerprint density at radius 3 is 1.44 bits per heavy atom. The number of hydrogen-bond acceptors (Lipinski definition) is 5. The van der Waals surface area contributed by atoms with Gasteiger partial charge in [0, 0.05) is 47.6 Å². The van der Waals surface area contributed by atoms with Crippen molar-refractivity contribution in [3.8, 4) is 56.4 Å². The molecule has 7 aromatic carbocycles. The fourth-order valence-electron chi connectivity index (χ4n) is 6.90. The van der Waals surface area contributed by atoms with Crippen molar-refractivity contribution < 1.29 is 4.42 Å². The first-order valence-electron chi connectivity index (χ1n) is 16.6. The molecule has 0 bridgehead atoms. The van der Waals surface area contributed by atoms with E-state index >= 15 is 0 Å². The van der Waals surface area contributed by atoms with E-state index in [4.69, 9.17) is 19.4 Å². The fourth-order valence-corrected chi connectivity index (χ4v) is 8.09. The Morgan fingerprint density at radius 2 is 0.800 bits per heavy atom. The number of hydrogen-bond donors (Lipinski definition) is 0. The van der Waals surface area contributed by atoms with Gasteiger partial charge in [-0.15, -0.1) is 11.3 Å². The highest BCUT2D eigenvalue weighted by Crippen LogP contribution is 2.41. The van der Waals surface area contributed by atoms with Gasteiger partial charge in [-0.25, -0.2) is 15.0 Å². The van der Waals surface area contributed by atoms with Gasteiger partial charge >= 0.3 is 0 Å². The molecular formula is C45H27N3OS. The molecule has 5 heteroatoms. The SMILES string of the molecule is c1ccc(-c2nc(-c3ccccc3)nc(-c3ccc4c(c3)sc3cc(-c5ccccc5-c5ccc6c(c5)oc5ccccc56)ccc34)n2)cc1. The van der Waals surface area contributed by atoms with Crippen LogP contribution < -0.4 is 0 Å². The van der Waals surface area contributed by atoms with Gasteiger partial charge < -0.3 is 4.42 Å². The third kappa shape index (κ3) is 4.87. The summed E-state index contributed by atoms with van der Waals surface area (Å²) in [5.41, 5.74) is 9.38. The zero-order valence-electron chi connectivity index (χ0n) is 26.7. The first-order chi connectivity index (χ1) is 24.7. The highest BCUT2D eigenvalue weighted by atomic mass is 32.1. The lowest BCUT2D eigenvalue weighted by molar-refractivity contribution is 0.669. The van der Waals surface area contributed by atoms with E-state index in [9.17, 15) is 0 Å². The van der Waals surface area contributed by atoms with Gasteiger partial charge in [0.15, 0.2) is 17.5 Å². The third-order valence-electron chi connectivity index (χ3n) is 9.36. The highest BCUT2D eigenvalue weighted by molar-refractivity contribution is 7.25. The summed E-state index contributed by atoms with van der Waals surface area (Å²) in [6.45, 7) is 0. The first kappa shape index (κ1) is 28.6. The average molecular weight is 658 g/mol. The molecule has 4 nitrogen and oxygen atoms in total. The predicted molar refractivity (Wildman–Crippen MR) is 207 cm³/mol. The van der Waals surface area contributed by atoms with Crippen LogP contribution >= 0.6 is 11.3 Å². The summed E-state index contributed by atoms with van der Waals surface area (Å²) in [5.74, 6) is 1.98. The van der Waals surface area contributed by atoms with Crippen LogP contribution in [0, 0.1) is 0 Å². The van der Waals surface area contributed by atoms with Gasteiger partial charge in [-0.1, -0.05) is 133 Å². The van der Waals surface area contributed by atoms with Crippen molar-refractivity contribution in [2.45, 2.75) is 0 Å². The molecule has 0 atom stereocenters. The monoisotopic (exact) mass is 657 g/mol. The lowest BCUT2D eigenvalue weighted by Crippen LogP contribution is -1.99. The minimum Gasteiger partial charge on any atom is -0.456 e. The van der Waals surface area contributed by atoms with Crippen molar-refractivity contribution in [3.05, 3.63) is 164 Å². The standard InChI is InChI=1S/C45H27N3OS/c1-3-11-28(12-4-1)43-46-44(29-13-5-2-6-14-29)48-45(47-43)32-21-24-38-37-23-20-31(26-41(37)50-42(38)27-32)34-16-8-7-15-33(34)30-19-22-36-35-17-9-10-18-39(35)49-40(36)25-30/h1-27H. The van der Waals surface area contributed by atoms with E-state index in [0.717, 1.165) is 44.2 Å². The molecule has 0 aliphatic rings. The topological polar surface area (TPSA) is 51.8 Å². The van der Waals surface area contributed by atoms with Gasteiger partial charge in [0.25, 0.3) is 0 Å². The van der Waals surface area contributed by atoms with Crippen LogP contribution in [-0.2, 0) is 0 Å². The van der Waals surface area contributed by atoms with Crippen LogP contribution in [0.5, 0.6) is 0 Å². The Bertz CT molecular complexity index is 2820. The van der Waals surface area contributed by atoms with Gasteiger partial charge in [0.1, 0.15) is 11.2 Å². The summed E-state index contributed by atoms with van der Waals surface area (Å²) >= 11 is 1.80. The van der Waals surface area contributed by atoms with E-state index in [-0.39, 0.29) is 0 Å². The number of thiophene rings is 1. The second-order valence-corrected chi connectivity index (χ2v) is 13.5. The van der Waals surface area contributed by atoms with E-state index in [0.29, 0.717) is 17.5 Å².